The van der Waals surface area contributed by atoms with Gasteiger partial charge in [0, 0.05) is 56.9 Å². The SMILES string of the molecule is CN(C)C(=O)c1cc2cnc(Nc3ccc(C4CCNC4)cc3)nc2n(C2Cc3ccccc3C(=O)N2C)c1=O. The molecule has 10 nitrogen and oxygen atoms in total. The molecule has 2 aliphatic heterocycles. The molecule has 2 unspecified atom stereocenters. The van der Waals surface area contributed by atoms with E-state index >= 15 is 0 Å². The van der Waals surface area contributed by atoms with E-state index in [1.165, 1.54) is 21.1 Å². The van der Waals surface area contributed by atoms with Crippen molar-refractivity contribution in [3.05, 3.63) is 93.4 Å². The number of rotatable bonds is 5. The highest BCUT2D eigenvalue weighted by molar-refractivity contribution is 5.98. The molecule has 2 aromatic heterocycles. The number of nitrogens with one attached hydrogen (secondary N) is 2. The number of hydrogen-bond donors (Lipinski definition) is 2. The number of pyridine rings is 1. The van der Waals surface area contributed by atoms with Gasteiger partial charge in [-0.05, 0) is 54.3 Å². The van der Waals surface area contributed by atoms with Gasteiger partial charge in [0.25, 0.3) is 17.4 Å². The predicted octanol–water partition coefficient (Wildman–Crippen LogP) is 3.14. The Morgan fingerprint density at radius 3 is 2.60 bits per heavy atom. The summed E-state index contributed by atoms with van der Waals surface area (Å²) in [7, 11) is 4.87. The average Bonchev–Trinajstić information content (AvgIpc) is 3.50. The van der Waals surface area contributed by atoms with Crippen LogP contribution in [-0.4, -0.2) is 70.4 Å². The summed E-state index contributed by atoms with van der Waals surface area (Å²) in [5.74, 6) is 0.208. The topological polar surface area (TPSA) is 112 Å². The van der Waals surface area contributed by atoms with Gasteiger partial charge in [-0.3, -0.25) is 19.0 Å². The van der Waals surface area contributed by atoms with Gasteiger partial charge in [-0.1, -0.05) is 30.3 Å². The number of carbonyl (C=O) groups excluding carboxylic acids is 2. The molecule has 204 valence electrons. The van der Waals surface area contributed by atoms with Gasteiger partial charge in [-0.25, -0.2) is 4.98 Å². The van der Waals surface area contributed by atoms with E-state index in [0.29, 0.717) is 34.9 Å². The molecule has 6 rings (SSSR count). The molecule has 4 heterocycles. The normalized spacial score (nSPS) is 18.6. The van der Waals surface area contributed by atoms with Crippen molar-refractivity contribution < 1.29 is 9.59 Å². The predicted molar refractivity (Wildman–Crippen MR) is 153 cm³/mol. The van der Waals surface area contributed by atoms with Crippen LogP contribution in [0, 0.1) is 0 Å². The van der Waals surface area contributed by atoms with Crippen molar-refractivity contribution >= 4 is 34.5 Å². The largest absolute Gasteiger partial charge is 0.345 e. The number of fused-ring (bicyclic) bond motifs is 2. The highest BCUT2D eigenvalue weighted by Crippen LogP contribution is 2.30. The Hall–Kier alpha value is -4.57. The first kappa shape index (κ1) is 25.7. The smallest absolute Gasteiger partial charge is 0.266 e. The van der Waals surface area contributed by atoms with Crippen molar-refractivity contribution in [2.45, 2.75) is 24.9 Å². The van der Waals surface area contributed by atoms with Crippen LogP contribution in [0.5, 0.6) is 0 Å². The molecule has 1 fully saturated rings. The lowest BCUT2D eigenvalue weighted by Crippen LogP contribution is -2.45. The second-order valence-electron chi connectivity index (χ2n) is 10.6. The minimum absolute atomic E-state index is 0.00138. The molecule has 2 aliphatic rings. The van der Waals surface area contributed by atoms with Gasteiger partial charge in [-0.2, -0.15) is 4.98 Å². The van der Waals surface area contributed by atoms with Crippen molar-refractivity contribution in [1.29, 1.82) is 0 Å². The molecule has 2 amide bonds. The van der Waals surface area contributed by atoms with E-state index in [0.717, 1.165) is 30.8 Å². The summed E-state index contributed by atoms with van der Waals surface area (Å²) in [5, 5.41) is 7.17. The minimum atomic E-state index is -0.672. The first-order valence-electron chi connectivity index (χ1n) is 13.4. The highest BCUT2D eigenvalue weighted by atomic mass is 16.2. The molecule has 2 N–H and O–H groups in total. The van der Waals surface area contributed by atoms with Gasteiger partial charge in [0.05, 0.1) is 0 Å². The summed E-state index contributed by atoms with van der Waals surface area (Å²) in [6.45, 7) is 2.02. The maximum absolute atomic E-state index is 13.9. The molecule has 1 saturated heterocycles. The number of anilines is 2. The summed E-state index contributed by atoms with van der Waals surface area (Å²) in [4.78, 5) is 52.3. The van der Waals surface area contributed by atoms with Crippen LogP contribution in [0.2, 0.25) is 0 Å². The van der Waals surface area contributed by atoms with E-state index in [2.05, 4.69) is 27.8 Å². The number of likely N-dealkylation sites (N-methyl/N-ethyl adjacent to an activating group) is 1. The third-order valence-electron chi connectivity index (χ3n) is 7.82. The fraction of sp³-hybridized carbons (Fsp3) is 0.300. The van der Waals surface area contributed by atoms with E-state index in [9.17, 15) is 14.4 Å². The Morgan fingerprint density at radius 1 is 1.10 bits per heavy atom. The molecule has 40 heavy (non-hydrogen) atoms. The van der Waals surface area contributed by atoms with Crippen molar-refractivity contribution in [2.24, 2.45) is 0 Å². The standard InChI is InChI=1S/C30H31N7O3/c1-35(2)27(38)24-14-21-17-32-30(33-22-10-8-18(9-11-22)20-12-13-31-16-20)34-26(21)37(29(24)40)25-15-19-6-4-5-7-23(19)28(39)36(25)3/h4-11,14,17,20,25,31H,12-13,15-16H2,1-3H3,(H,32,33,34). The monoisotopic (exact) mass is 537 g/mol. The molecule has 0 bridgehead atoms. The molecule has 0 spiro atoms. The van der Waals surface area contributed by atoms with E-state index in [-0.39, 0.29) is 11.5 Å². The van der Waals surface area contributed by atoms with Crippen LogP contribution < -0.4 is 16.2 Å². The third-order valence-corrected chi connectivity index (χ3v) is 7.82. The molecule has 2 atom stereocenters. The third kappa shape index (κ3) is 4.50. The number of nitrogens with zero attached hydrogens (tertiary/aromatic N) is 5. The van der Waals surface area contributed by atoms with Crippen molar-refractivity contribution in [3.63, 3.8) is 0 Å². The molecule has 10 heteroatoms. The maximum Gasteiger partial charge on any atom is 0.266 e. The molecular formula is C30H31N7O3. The summed E-state index contributed by atoms with van der Waals surface area (Å²) in [6.07, 6.45) is 2.45. The van der Waals surface area contributed by atoms with Crippen molar-refractivity contribution in [2.75, 3.05) is 39.5 Å². The Kier molecular flexibility index (Phi) is 6.55. The van der Waals surface area contributed by atoms with Crippen LogP contribution >= 0.6 is 0 Å². The molecular weight excluding hydrogens is 506 g/mol. The lowest BCUT2D eigenvalue weighted by atomic mass is 9.97. The van der Waals surface area contributed by atoms with Gasteiger partial charge >= 0.3 is 0 Å². The number of benzene rings is 2. The summed E-state index contributed by atoms with van der Waals surface area (Å²) in [6, 6.07) is 17.1. The number of carbonyl (C=O) groups is 2. The van der Waals surface area contributed by atoms with Gasteiger partial charge < -0.3 is 20.4 Å². The Balaban J connectivity index is 1.44. The molecule has 0 radical (unpaired) electrons. The van der Waals surface area contributed by atoms with Gasteiger partial charge in [-0.15, -0.1) is 0 Å². The van der Waals surface area contributed by atoms with E-state index in [1.54, 1.807) is 38.3 Å². The zero-order valence-electron chi connectivity index (χ0n) is 22.7. The first-order valence-corrected chi connectivity index (χ1v) is 13.4. The Labute approximate surface area is 231 Å². The van der Waals surface area contributed by atoms with Gasteiger partial charge in [0.15, 0.2) is 0 Å². The van der Waals surface area contributed by atoms with Crippen LogP contribution in [0.1, 0.15) is 50.3 Å². The van der Waals surface area contributed by atoms with Crippen LogP contribution in [-0.2, 0) is 6.42 Å². The van der Waals surface area contributed by atoms with Gasteiger partial charge in [0.1, 0.15) is 17.4 Å². The fourth-order valence-corrected chi connectivity index (χ4v) is 5.59. The minimum Gasteiger partial charge on any atom is -0.345 e. The maximum atomic E-state index is 13.9. The van der Waals surface area contributed by atoms with Crippen molar-refractivity contribution in [1.82, 2.24) is 29.7 Å². The summed E-state index contributed by atoms with van der Waals surface area (Å²) < 4.78 is 1.46. The van der Waals surface area contributed by atoms with Crippen LogP contribution in [0.15, 0.2) is 65.6 Å². The quantitative estimate of drug-likeness (QED) is 0.402. The Morgan fingerprint density at radius 2 is 1.88 bits per heavy atom. The first-order chi connectivity index (χ1) is 19.3. The molecule has 0 saturated carbocycles. The lowest BCUT2D eigenvalue weighted by molar-refractivity contribution is 0.0628. The van der Waals surface area contributed by atoms with Gasteiger partial charge in [0.2, 0.25) is 5.95 Å². The van der Waals surface area contributed by atoms with Crippen LogP contribution in [0.3, 0.4) is 0 Å². The summed E-state index contributed by atoms with van der Waals surface area (Å²) in [5.41, 5.74) is 3.38. The molecule has 0 aliphatic carbocycles. The van der Waals surface area contributed by atoms with E-state index in [4.69, 9.17) is 4.98 Å². The Bertz CT molecular complexity index is 1670. The molecule has 2 aromatic carbocycles. The lowest BCUT2D eigenvalue weighted by Gasteiger charge is -2.35. The van der Waals surface area contributed by atoms with E-state index < -0.39 is 17.6 Å². The second-order valence-corrected chi connectivity index (χ2v) is 10.6. The van der Waals surface area contributed by atoms with Crippen molar-refractivity contribution in [3.8, 4) is 0 Å². The number of aromatic nitrogens is 3. The zero-order valence-corrected chi connectivity index (χ0v) is 22.7. The zero-order chi connectivity index (χ0) is 28.0. The average molecular weight is 538 g/mol. The fourth-order valence-electron chi connectivity index (χ4n) is 5.59. The highest BCUT2D eigenvalue weighted by Gasteiger charge is 2.33. The second kappa shape index (κ2) is 10.2. The van der Waals surface area contributed by atoms with Crippen LogP contribution in [0.25, 0.3) is 11.0 Å². The molecule has 4 aromatic rings. The summed E-state index contributed by atoms with van der Waals surface area (Å²) >= 11 is 0. The number of hydrogen-bond acceptors (Lipinski definition) is 7. The van der Waals surface area contributed by atoms with E-state index in [1.807, 2.05) is 30.3 Å². The number of amides is 2. The van der Waals surface area contributed by atoms with Crippen LogP contribution in [0.4, 0.5) is 11.6 Å².